The van der Waals surface area contributed by atoms with E-state index in [1.165, 1.54) is 12.1 Å². The van der Waals surface area contributed by atoms with E-state index in [9.17, 15) is 14.9 Å². The second-order valence-corrected chi connectivity index (χ2v) is 5.28. The van der Waals surface area contributed by atoms with Crippen molar-refractivity contribution in [3.8, 4) is 11.3 Å². The van der Waals surface area contributed by atoms with Crippen molar-refractivity contribution < 1.29 is 14.2 Å². The quantitative estimate of drug-likeness (QED) is 0.380. The summed E-state index contributed by atoms with van der Waals surface area (Å²) in [6, 6.07) is 11.4. The Labute approximate surface area is 148 Å². The van der Waals surface area contributed by atoms with Crippen LogP contribution in [0.15, 0.2) is 59.4 Å². The summed E-state index contributed by atoms with van der Waals surface area (Å²) in [4.78, 5) is 26.5. The van der Waals surface area contributed by atoms with Crippen molar-refractivity contribution in [2.45, 2.75) is 0 Å². The highest BCUT2D eigenvalue weighted by molar-refractivity contribution is 5.93. The number of anilines is 1. The van der Waals surface area contributed by atoms with E-state index in [4.69, 9.17) is 4.52 Å². The van der Waals surface area contributed by atoms with Crippen molar-refractivity contribution in [3.05, 3.63) is 70.7 Å². The second kappa shape index (κ2) is 7.88. The first kappa shape index (κ1) is 17.1. The standard InChI is InChI=1S/C17H15N5O4/c23-17(14-10-16(26-21-14)12-4-3-7-18-11-12)20-9-8-19-13-5-1-2-6-15(13)22(24)25/h1-7,10-11,19H,8-9H2,(H,20,23). The third-order valence-corrected chi connectivity index (χ3v) is 3.52. The van der Waals surface area contributed by atoms with Crippen LogP contribution in [-0.4, -0.2) is 34.1 Å². The molecule has 26 heavy (non-hydrogen) atoms. The Morgan fingerprint density at radius 3 is 2.81 bits per heavy atom. The molecule has 0 radical (unpaired) electrons. The van der Waals surface area contributed by atoms with Crippen LogP contribution in [0.1, 0.15) is 10.5 Å². The number of aromatic nitrogens is 2. The normalized spacial score (nSPS) is 10.3. The molecule has 0 aliphatic carbocycles. The molecule has 0 saturated heterocycles. The Balaban J connectivity index is 1.52. The highest BCUT2D eigenvalue weighted by Gasteiger charge is 2.14. The number of nitro benzene ring substituents is 1. The number of benzene rings is 1. The second-order valence-electron chi connectivity index (χ2n) is 5.28. The van der Waals surface area contributed by atoms with Gasteiger partial charge in [0, 0.05) is 43.2 Å². The van der Waals surface area contributed by atoms with Crippen molar-refractivity contribution in [2.24, 2.45) is 0 Å². The maximum atomic E-state index is 12.1. The molecule has 3 aromatic rings. The van der Waals surface area contributed by atoms with Gasteiger partial charge in [0.15, 0.2) is 11.5 Å². The summed E-state index contributed by atoms with van der Waals surface area (Å²) in [5.41, 5.74) is 1.25. The molecule has 2 aromatic heterocycles. The number of hydrogen-bond donors (Lipinski definition) is 2. The Morgan fingerprint density at radius 1 is 1.19 bits per heavy atom. The summed E-state index contributed by atoms with van der Waals surface area (Å²) in [5.74, 6) is 0.0505. The number of carbonyl (C=O) groups is 1. The number of nitro groups is 1. The molecule has 1 aromatic carbocycles. The van der Waals surface area contributed by atoms with E-state index in [0.29, 0.717) is 18.0 Å². The van der Waals surface area contributed by atoms with Gasteiger partial charge in [-0.2, -0.15) is 0 Å². The number of pyridine rings is 1. The molecule has 0 fully saturated rings. The number of nitrogens with one attached hydrogen (secondary N) is 2. The molecule has 1 amide bonds. The molecule has 9 heteroatoms. The number of para-hydroxylation sites is 2. The smallest absolute Gasteiger partial charge is 0.292 e. The van der Waals surface area contributed by atoms with Crippen LogP contribution in [0, 0.1) is 10.1 Å². The van der Waals surface area contributed by atoms with Gasteiger partial charge in [-0.05, 0) is 18.2 Å². The van der Waals surface area contributed by atoms with Crippen molar-refractivity contribution >= 4 is 17.3 Å². The van der Waals surface area contributed by atoms with E-state index in [0.717, 1.165) is 5.56 Å². The number of carbonyl (C=O) groups excluding carboxylic acids is 1. The molecule has 0 aliphatic rings. The maximum absolute atomic E-state index is 12.1. The number of nitrogens with zero attached hydrogens (tertiary/aromatic N) is 3. The molecule has 2 heterocycles. The SMILES string of the molecule is O=C(NCCNc1ccccc1[N+](=O)[O-])c1cc(-c2cccnc2)on1. The lowest BCUT2D eigenvalue weighted by Crippen LogP contribution is -2.29. The molecular weight excluding hydrogens is 338 g/mol. The van der Waals surface area contributed by atoms with E-state index in [2.05, 4.69) is 20.8 Å². The molecule has 3 rings (SSSR count). The summed E-state index contributed by atoms with van der Waals surface area (Å²) in [5, 5.41) is 20.3. The Morgan fingerprint density at radius 2 is 2.04 bits per heavy atom. The van der Waals surface area contributed by atoms with Gasteiger partial charge < -0.3 is 15.2 Å². The first-order valence-corrected chi connectivity index (χ1v) is 7.78. The third-order valence-electron chi connectivity index (χ3n) is 3.52. The molecule has 0 spiro atoms. The lowest BCUT2D eigenvalue weighted by atomic mass is 10.2. The molecule has 0 aliphatic heterocycles. The van der Waals surface area contributed by atoms with Crippen LogP contribution >= 0.6 is 0 Å². The van der Waals surface area contributed by atoms with Crippen LogP contribution in [0.5, 0.6) is 0 Å². The minimum absolute atomic E-state index is 0.0172. The van der Waals surface area contributed by atoms with Crippen molar-refractivity contribution in [3.63, 3.8) is 0 Å². The minimum Gasteiger partial charge on any atom is -0.378 e. The van der Waals surface area contributed by atoms with E-state index in [1.54, 1.807) is 42.7 Å². The number of rotatable bonds is 7. The monoisotopic (exact) mass is 353 g/mol. The Hall–Kier alpha value is -3.75. The zero-order valence-corrected chi connectivity index (χ0v) is 13.6. The van der Waals surface area contributed by atoms with Crippen molar-refractivity contribution in [2.75, 3.05) is 18.4 Å². The van der Waals surface area contributed by atoms with Crippen LogP contribution in [-0.2, 0) is 0 Å². The molecule has 132 valence electrons. The largest absolute Gasteiger partial charge is 0.378 e. The highest BCUT2D eigenvalue weighted by atomic mass is 16.6. The summed E-state index contributed by atoms with van der Waals surface area (Å²) in [6.45, 7) is 0.587. The van der Waals surface area contributed by atoms with E-state index in [1.807, 2.05) is 0 Å². The molecule has 0 unspecified atom stereocenters. The van der Waals surface area contributed by atoms with Gasteiger partial charge in [-0.3, -0.25) is 19.9 Å². The van der Waals surface area contributed by atoms with Gasteiger partial charge in [-0.15, -0.1) is 0 Å². The fraction of sp³-hybridized carbons (Fsp3) is 0.118. The molecular formula is C17H15N5O4. The predicted molar refractivity (Wildman–Crippen MR) is 93.7 cm³/mol. The molecule has 0 bridgehead atoms. The summed E-state index contributed by atoms with van der Waals surface area (Å²) in [7, 11) is 0. The molecule has 0 atom stereocenters. The van der Waals surface area contributed by atoms with Crippen molar-refractivity contribution in [1.82, 2.24) is 15.5 Å². The molecule has 9 nitrogen and oxygen atoms in total. The van der Waals surface area contributed by atoms with Gasteiger partial charge in [-0.1, -0.05) is 17.3 Å². The van der Waals surface area contributed by atoms with Gasteiger partial charge in [0.2, 0.25) is 0 Å². The van der Waals surface area contributed by atoms with E-state index in [-0.39, 0.29) is 17.9 Å². The van der Waals surface area contributed by atoms with Crippen LogP contribution in [0.2, 0.25) is 0 Å². The Kier molecular flexibility index (Phi) is 5.18. The lowest BCUT2D eigenvalue weighted by molar-refractivity contribution is -0.384. The summed E-state index contributed by atoms with van der Waals surface area (Å²) in [6.07, 6.45) is 3.25. The molecule has 0 saturated carbocycles. The van der Waals surface area contributed by atoms with Gasteiger partial charge in [0.05, 0.1) is 4.92 Å². The first-order chi connectivity index (χ1) is 12.6. The summed E-state index contributed by atoms with van der Waals surface area (Å²) < 4.78 is 5.15. The zero-order chi connectivity index (χ0) is 18.4. The maximum Gasteiger partial charge on any atom is 0.292 e. The zero-order valence-electron chi connectivity index (χ0n) is 13.6. The average Bonchev–Trinajstić information content (AvgIpc) is 3.16. The predicted octanol–water partition coefficient (Wildman–Crippen LogP) is 2.49. The van der Waals surface area contributed by atoms with Gasteiger partial charge in [-0.25, -0.2) is 0 Å². The lowest BCUT2D eigenvalue weighted by Gasteiger charge is -2.07. The van der Waals surface area contributed by atoms with Crippen molar-refractivity contribution in [1.29, 1.82) is 0 Å². The third kappa shape index (κ3) is 4.01. The number of amides is 1. The highest BCUT2D eigenvalue weighted by Crippen LogP contribution is 2.22. The average molecular weight is 353 g/mol. The number of hydrogen-bond acceptors (Lipinski definition) is 7. The van der Waals surface area contributed by atoms with Crippen LogP contribution in [0.25, 0.3) is 11.3 Å². The van der Waals surface area contributed by atoms with Gasteiger partial charge in [0.1, 0.15) is 5.69 Å². The van der Waals surface area contributed by atoms with E-state index < -0.39 is 10.8 Å². The molecule has 2 N–H and O–H groups in total. The van der Waals surface area contributed by atoms with E-state index >= 15 is 0 Å². The van der Waals surface area contributed by atoms with Crippen LogP contribution < -0.4 is 10.6 Å². The fourth-order valence-electron chi connectivity index (χ4n) is 2.27. The Bertz CT molecular complexity index is 910. The van der Waals surface area contributed by atoms with Gasteiger partial charge >= 0.3 is 0 Å². The minimum atomic E-state index is -0.462. The van der Waals surface area contributed by atoms with Crippen LogP contribution in [0.4, 0.5) is 11.4 Å². The fourth-order valence-corrected chi connectivity index (χ4v) is 2.27. The van der Waals surface area contributed by atoms with Gasteiger partial charge in [0.25, 0.3) is 11.6 Å². The topological polar surface area (TPSA) is 123 Å². The summed E-state index contributed by atoms with van der Waals surface area (Å²) >= 11 is 0. The van der Waals surface area contributed by atoms with Crippen LogP contribution in [0.3, 0.4) is 0 Å². The first-order valence-electron chi connectivity index (χ1n) is 7.78.